The van der Waals surface area contributed by atoms with E-state index in [0.717, 1.165) is 18.2 Å². The monoisotopic (exact) mass is 263 g/mol. The number of anilines is 2. The van der Waals surface area contributed by atoms with Gasteiger partial charge in [0, 0.05) is 17.3 Å². The first kappa shape index (κ1) is 12.9. The molecule has 0 fully saturated rings. The smallest absolute Gasteiger partial charge is 0.255 e. The summed E-state index contributed by atoms with van der Waals surface area (Å²) >= 11 is 0. The van der Waals surface area contributed by atoms with Gasteiger partial charge in [0.05, 0.1) is 5.69 Å². The summed E-state index contributed by atoms with van der Waals surface area (Å²) in [4.78, 5) is 15.8. The van der Waals surface area contributed by atoms with E-state index in [0.29, 0.717) is 5.69 Å². The number of nitrogens with zero attached hydrogens (tertiary/aromatic N) is 1. The predicted molar refractivity (Wildman–Crippen MR) is 67.7 cm³/mol. The Labute approximate surface area is 108 Å². The van der Waals surface area contributed by atoms with E-state index in [1.807, 2.05) is 0 Å². The normalized spacial score (nSPS) is 10.3. The lowest BCUT2D eigenvalue weighted by Gasteiger charge is -2.07. The average molecular weight is 263 g/mol. The van der Waals surface area contributed by atoms with Crippen molar-refractivity contribution in [2.24, 2.45) is 0 Å². The summed E-state index contributed by atoms with van der Waals surface area (Å²) in [5.74, 6) is -1.75. The number of rotatable bonds is 2. The number of aryl methyl sites for hydroxylation is 1. The zero-order valence-corrected chi connectivity index (χ0v) is 10.1. The molecule has 2 rings (SSSR count). The van der Waals surface area contributed by atoms with E-state index in [1.165, 1.54) is 12.1 Å². The molecule has 0 spiro atoms. The number of pyridine rings is 1. The third-order valence-electron chi connectivity index (χ3n) is 2.41. The quantitative estimate of drug-likeness (QED) is 0.874. The van der Waals surface area contributed by atoms with E-state index in [1.54, 1.807) is 6.92 Å². The largest absolute Gasteiger partial charge is 0.384 e. The summed E-state index contributed by atoms with van der Waals surface area (Å²) < 4.78 is 26.4. The second-order valence-corrected chi connectivity index (χ2v) is 4.00. The van der Waals surface area contributed by atoms with Crippen LogP contribution in [-0.2, 0) is 0 Å². The van der Waals surface area contributed by atoms with Crippen molar-refractivity contribution < 1.29 is 13.6 Å². The van der Waals surface area contributed by atoms with Crippen LogP contribution >= 0.6 is 0 Å². The number of aromatic nitrogens is 1. The molecule has 98 valence electrons. The average Bonchev–Trinajstić information content (AvgIpc) is 2.32. The highest BCUT2D eigenvalue weighted by Crippen LogP contribution is 2.17. The fourth-order valence-corrected chi connectivity index (χ4v) is 1.61. The standard InChI is InChI=1S/C13H11F2N3O/c1-7-4-8(5-12(16)17-7)13(19)18-11-6-9(14)2-3-10(11)15/h2-6H,1H3,(H2,16,17)(H,18,19). The van der Waals surface area contributed by atoms with Crippen molar-refractivity contribution in [3.05, 3.63) is 53.2 Å². The Balaban J connectivity index is 2.28. The summed E-state index contributed by atoms with van der Waals surface area (Å²) in [7, 11) is 0. The zero-order chi connectivity index (χ0) is 14.0. The van der Waals surface area contributed by atoms with Crippen LogP contribution in [-0.4, -0.2) is 10.9 Å². The van der Waals surface area contributed by atoms with E-state index in [2.05, 4.69) is 10.3 Å². The molecule has 0 aliphatic heterocycles. The molecule has 0 radical (unpaired) electrons. The molecule has 1 amide bonds. The number of hydrogen-bond donors (Lipinski definition) is 2. The molecule has 0 aliphatic carbocycles. The minimum Gasteiger partial charge on any atom is -0.384 e. The van der Waals surface area contributed by atoms with Gasteiger partial charge in [-0.2, -0.15) is 0 Å². The van der Waals surface area contributed by atoms with Crippen LogP contribution in [0, 0.1) is 18.6 Å². The topological polar surface area (TPSA) is 68.0 Å². The van der Waals surface area contributed by atoms with Crippen LogP contribution < -0.4 is 11.1 Å². The molecular weight excluding hydrogens is 252 g/mol. The number of carbonyl (C=O) groups is 1. The third kappa shape index (κ3) is 3.04. The highest BCUT2D eigenvalue weighted by Gasteiger charge is 2.11. The van der Waals surface area contributed by atoms with Gasteiger partial charge in [-0.25, -0.2) is 13.8 Å². The van der Waals surface area contributed by atoms with Gasteiger partial charge in [-0.15, -0.1) is 0 Å². The minimum atomic E-state index is -0.714. The fourth-order valence-electron chi connectivity index (χ4n) is 1.61. The van der Waals surface area contributed by atoms with E-state index >= 15 is 0 Å². The van der Waals surface area contributed by atoms with Gasteiger partial charge in [0.25, 0.3) is 5.91 Å². The lowest BCUT2D eigenvalue weighted by Crippen LogP contribution is -2.14. The molecule has 1 aromatic heterocycles. The summed E-state index contributed by atoms with van der Waals surface area (Å²) in [6.45, 7) is 1.68. The van der Waals surface area contributed by atoms with Crippen LogP contribution in [0.25, 0.3) is 0 Å². The van der Waals surface area contributed by atoms with Gasteiger partial charge < -0.3 is 11.1 Å². The second-order valence-electron chi connectivity index (χ2n) is 4.00. The molecule has 1 heterocycles. The Morgan fingerprint density at radius 3 is 2.68 bits per heavy atom. The Kier molecular flexibility index (Phi) is 3.41. The zero-order valence-electron chi connectivity index (χ0n) is 10.1. The number of hydrogen-bond acceptors (Lipinski definition) is 3. The van der Waals surface area contributed by atoms with Gasteiger partial charge in [0.2, 0.25) is 0 Å². The van der Waals surface area contributed by atoms with Crippen molar-refractivity contribution in [1.82, 2.24) is 4.98 Å². The van der Waals surface area contributed by atoms with Gasteiger partial charge >= 0.3 is 0 Å². The van der Waals surface area contributed by atoms with Crippen LogP contribution in [0.4, 0.5) is 20.3 Å². The SMILES string of the molecule is Cc1cc(C(=O)Nc2cc(F)ccc2F)cc(N)n1. The number of halogens is 2. The summed E-state index contributed by atoms with van der Waals surface area (Å²) in [6.07, 6.45) is 0. The Morgan fingerprint density at radius 2 is 2.00 bits per heavy atom. The number of amides is 1. The van der Waals surface area contributed by atoms with Crippen LogP contribution in [0.3, 0.4) is 0 Å². The van der Waals surface area contributed by atoms with Crippen molar-refractivity contribution in [2.75, 3.05) is 11.1 Å². The Bertz CT molecular complexity index is 624. The molecule has 4 nitrogen and oxygen atoms in total. The van der Waals surface area contributed by atoms with E-state index < -0.39 is 17.5 Å². The summed E-state index contributed by atoms with van der Waals surface area (Å²) in [5, 5.41) is 2.28. The summed E-state index contributed by atoms with van der Waals surface area (Å²) in [5.41, 5.74) is 6.09. The van der Waals surface area contributed by atoms with Crippen molar-refractivity contribution in [2.45, 2.75) is 6.92 Å². The van der Waals surface area contributed by atoms with Gasteiger partial charge in [-0.05, 0) is 31.2 Å². The molecule has 2 aromatic rings. The first-order chi connectivity index (χ1) is 8.95. The lowest BCUT2D eigenvalue weighted by atomic mass is 10.2. The van der Waals surface area contributed by atoms with E-state index in [4.69, 9.17) is 5.73 Å². The van der Waals surface area contributed by atoms with Crippen molar-refractivity contribution >= 4 is 17.4 Å². The molecule has 0 saturated carbocycles. The van der Waals surface area contributed by atoms with E-state index in [9.17, 15) is 13.6 Å². The first-order valence-corrected chi connectivity index (χ1v) is 5.46. The maximum atomic E-state index is 13.4. The third-order valence-corrected chi connectivity index (χ3v) is 2.41. The lowest BCUT2D eigenvalue weighted by molar-refractivity contribution is 0.102. The van der Waals surface area contributed by atoms with Crippen LogP contribution in [0.5, 0.6) is 0 Å². The maximum absolute atomic E-state index is 13.4. The minimum absolute atomic E-state index is 0.185. The predicted octanol–water partition coefficient (Wildman–Crippen LogP) is 2.50. The number of nitrogens with one attached hydrogen (secondary N) is 1. The van der Waals surface area contributed by atoms with Crippen molar-refractivity contribution in [3.8, 4) is 0 Å². The highest BCUT2D eigenvalue weighted by molar-refractivity contribution is 6.04. The maximum Gasteiger partial charge on any atom is 0.255 e. The van der Waals surface area contributed by atoms with Crippen molar-refractivity contribution in [3.63, 3.8) is 0 Å². The first-order valence-electron chi connectivity index (χ1n) is 5.46. The molecule has 0 aliphatic rings. The highest BCUT2D eigenvalue weighted by atomic mass is 19.1. The van der Waals surface area contributed by atoms with Gasteiger partial charge in [0.15, 0.2) is 0 Å². The Morgan fingerprint density at radius 1 is 1.26 bits per heavy atom. The molecule has 1 aromatic carbocycles. The number of nitrogens with two attached hydrogens (primary N) is 1. The molecule has 0 unspecified atom stereocenters. The van der Waals surface area contributed by atoms with Gasteiger partial charge in [-0.1, -0.05) is 0 Å². The molecular formula is C13H11F2N3O. The van der Waals surface area contributed by atoms with Crippen LogP contribution in [0.1, 0.15) is 16.1 Å². The molecule has 3 N–H and O–H groups in total. The summed E-state index contributed by atoms with van der Waals surface area (Å²) in [6, 6.07) is 5.68. The molecule has 6 heteroatoms. The number of benzene rings is 1. The molecule has 0 bridgehead atoms. The number of carbonyl (C=O) groups excluding carboxylic acids is 1. The fraction of sp³-hybridized carbons (Fsp3) is 0.0769. The molecule has 19 heavy (non-hydrogen) atoms. The van der Waals surface area contributed by atoms with Gasteiger partial charge in [0.1, 0.15) is 17.5 Å². The van der Waals surface area contributed by atoms with Gasteiger partial charge in [-0.3, -0.25) is 4.79 Å². The van der Waals surface area contributed by atoms with Crippen LogP contribution in [0.15, 0.2) is 30.3 Å². The van der Waals surface area contributed by atoms with E-state index in [-0.39, 0.29) is 17.1 Å². The Hall–Kier alpha value is -2.50. The van der Waals surface area contributed by atoms with Crippen molar-refractivity contribution in [1.29, 1.82) is 0 Å². The van der Waals surface area contributed by atoms with Crippen LogP contribution in [0.2, 0.25) is 0 Å². The molecule has 0 saturated heterocycles. The molecule has 0 atom stereocenters. The second kappa shape index (κ2) is 5.01. The number of nitrogen functional groups attached to an aromatic ring is 1.